The Balaban J connectivity index is 2.08. The van der Waals surface area contributed by atoms with Crippen molar-refractivity contribution in [3.05, 3.63) is 53.6 Å². The summed E-state index contributed by atoms with van der Waals surface area (Å²) in [5.41, 5.74) is 2.79. The molecule has 1 aromatic heterocycles. The third kappa shape index (κ3) is 3.67. The van der Waals surface area contributed by atoms with E-state index in [1.807, 2.05) is 12.4 Å². The Labute approximate surface area is 115 Å². The first-order chi connectivity index (χ1) is 9.20. The van der Waals surface area contributed by atoms with Crippen LogP contribution < -0.4 is 5.32 Å². The highest BCUT2D eigenvalue weighted by Crippen LogP contribution is 2.12. The lowest BCUT2D eigenvalue weighted by molar-refractivity contribution is 0.503. The first kappa shape index (κ1) is 13.8. The minimum Gasteiger partial charge on any atom is -0.338 e. The van der Waals surface area contributed by atoms with Crippen molar-refractivity contribution in [2.24, 2.45) is 7.05 Å². The SMILES string of the molecule is CCNC(Cc1ccccc1C)Cc1nccn1C. The Morgan fingerprint density at radius 2 is 2.05 bits per heavy atom. The van der Waals surface area contributed by atoms with Gasteiger partial charge in [-0.3, -0.25) is 0 Å². The molecule has 0 spiro atoms. The van der Waals surface area contributed by atoms with Gasteiger partial charge in [0.05, 0.1) is 0 Å². The van der Waals surface area contributed by atoms with Gasteiger partial charge in [-0.2, -0.15) is 0 Å². The second-order valence-corrected chi connectivity index (χ2v) is 5.04. The van der Waals surface area contributed by atoms with Crippen molar-refractivity contribution in [3.63, 3.8) is 0 Å². The van der Waals surface area contributed by atoms with Crippen LogP contribution in [0.3, 0.4) is 0 Å². The summed E-state index contributed by atoms with van der Waals surface area (Å²) >= 11 is 0. The molecule has 1 unspecified atom stereocenters. The molecule has 1 aromatic carbocycles. The first-order valence-corrected chi connectivity index (χ1v) is 6.94. The molecule has 0 bridgehead atoms. The van der Waals surface area contributed by atoms with E-state index in [-0.39, 0.29) is 0 Å². The summed E-state index contributed by atoms with van der Waals surface area (Å²) in [5, 5.41) is 3.57. The van der Waals surface area contributed by atoms with Crippen LogP contribution in [0.25, 0.3) is 0 Å². The van der Waals surface area contributed by atoms with Crippen LogP contribution in [0.2, 0.25) is 0 Å². The largest absolute Gasteiger partial charge is 0.338 e. The Kier molecular flexibility index (Phi) is 4.74. The molecule has 0 aliphatic rings. The monoisotopic (exact) mass is 257 g/mol. The van der Waals surface area contributed by atoms with Crippen LogP contribution in [0.1, 0.15) is 23.9 Å². The molecule has 2 rings (SSSR count). The van der Waals surface area contributed by atoms with E-state index in [0.29, 0.717) is 6.04 Å². The molecular weight excluding hydrogens is 234 g/mol. The predicted molar refractivity (Wildman–Crippen MR) is 79.3 cm³/mol. The smallest absolute Gasteiger partial charge is 0.109 e. The highest BCUT2D eigenvalue weighted by atomic mass is 15.0. The number of likely N-dealkylation sites (N-methyl/N-ethyl adjacent to an activating group) is 1. The van der Waals surface area contributed by atoms with Crippen LogP contribution in [0.5, 0.6) is 0 Å². The third-order valence-corrected chi connectivity index (χ3v) is 3.57. The van der Waals surface area contributed by atoms with Gasteiger partial charge in [-0.1, -0.05) is 31.2 Å². The van der Waals surface area contributed by atoms with Crippen LogP contribution in [-0.2, 0) is 19.9 Å². The number of imidazole rings is 1. The molecule has 1 N–H and O–H groups in total. The lowest BCUT2D eigenvalue weighted by Gasteiger charge is -2.19. The van der Waals surface area contributed by atoms with E-state index in [0.717, 1.165) is 25.2 Å². The van der Waals surface area contributed by atoms with E-state index in [4.69, 9.17) is 0 Å². The highest BCUT2D eigenvalue weighted by molar-refractivity contribution is 5.26. The Morgan fingerprint density at radius 3 is 2.68 bits per heavy atom. The number of benzene rings is 1. The molecule has 102 valence electrons. The first-order valence-electron chi connectivity index (χ1n) is 6.94. The van der Waals surface area contributed by atoms with Crippen LogP contribution in [0.15, 0.2) is 36.7 Å². The topological polar surface area (TPSA) is 29.9 Å². The van der Waals surface area contributed by atoms with E-state index in [2.05, 4.69) is 60.0 Å². The third-order valence-electron chi connectivity index (χ3n) is 3.57. The van der Waals surface area contributed by atoms with Gasteiger partial charge in [0.25, 0.3) is 0 Å². The number of rotatable bonds is 6. The van der Waals surface area contributed by atoms with Crippen LogP contribution in [0, 0.1) is 6.92 Å². The minimum absolute atomic E-state index is 0.437. The summed E-state index contributed by atoms with van der Waals surface area (Å²) in [5.74, 6) is 1.14. The van der Waals surface area contributed by atoms with Crippen molar-refractivity contribution in [1.29, 1.82) is 0 Å². The van der Waals surface area contributed by atoms with Crippen molar-refractivity contribution in [3.8, 4) is 0 Å². The number of nitrogens with one attached hydrogen (secondary N) is 1. The molecule has 2 aromatic rings. The summed E-state index contributed by atoms with van der Waals surface area (Å²) in [6, 6.07) is 9.05. The van der Waals surface area contributed by atoms with Gasteiger partial charge in [0.15, 0.2) is 0 Å². The van der Waals surface area contributed by atoms with Gasteiger partial charge >= 0.3 is 0 Å². The van der Waals surface area contributed by atoms with E-state index in [1.54, 1.807) is 0 Å². The van der Waals surface area contributed by atoms with E-state index in [9.17, 15) is 0 Å². The van der Waals surface area contributed by atoms with Crippen molar-refractivity contribution in [2.45, 2.75) is 32.7 Å². The average molecular weight is 257 g/mol. The maximum absolute atomic E-state index is 4.42. The lowest BCUT2D eigenvalue weighted by atomic mass is 9.99. The molecule has 19 heavy (non-hydrogen) atoms. The highest BCUT2D eigenvalue weighted by Gasteiger charge is 2.13. The summed E-state index contributed by atoms with van der Waals surface area (Å²) in [6.07, 6.45) is 5.89. The Hall–Kier alpha value is -1.61. The average Bonchev–Trinajstić information content (AvgIpc) is 2.78. The van der Waals surface area contributed by atoms with Crippen LogP contribution in [0.4, 0.5) is 0 Å². The summed E-state index contributed by atoms with van der Waals surface area (Å²) in [7, 11) is 2.05. The van der Waals surface area contributed by atoms with Gasteiger partial charge in [0, 0.05) is 31.9 Å². The van der Waals surface area contributed by atoms with Gasteiger partial charge in [-0.15, -0.1) is 0 Å². The molecule has 3 nitrogen and oxygen atoms in total. The predicted octanol–water partition coefficient (Wildman–Crippen LogP) is 2.49. The molecule has 0 aliphatic heterocycles. The van der Waals surface area contributed by atoms with E-state index in [1.165, 1.54) is 11.1 Å². The summed E-state index contributed by atoms with van der Waals surface area (Å²) in [6.45, 7) is 5.32. The second-order valence-electron chi connectivity index (χ2n) is 5.04. The quantitative estimate of drug-likeness (QED) is 0.861. The molecular formula is C16H23N3. The zero-order valence-corrected chi connectivity index (χ0v) is 12.1. The molecule has 0 aliphatic carbocycles. The molecule has 0 amide bonds. The summed E-state index contributed by atoms with van der Waals surface area (Å²) in [4.78, 5) is 4.42. The van der Waals surface area contributed by atoms with Gasteiger partial charge in [0.1, 0.15) is 5.82 Å². The minimum atomic E-state index is 0.437. The standard InChI is InChI=1S/C16H23N3/c1-4-17-15(12-16-18-9-10-19(16)3)11-14-8-6-5-7-13(14)2/h5-10,15,17H,4,11-12H2,1-3H3. The number of hydrogen-bond acceptors (Lipinski definition) is 2. The molecule has 0 radical (unpaired) electrons. The molecule has 3 heteroatoms. The van der Waals surface area contributed by atoms with Crippen molar-refractivity contribution in [2.75, 3.05) is 6.54 Å². The molecule has 0 fully saturated rings. The Bertz CT molecular complexity index is 516. The maximum atomic E-state index is 4.42. The fourth-order valence-corrected chi connectivity index (χ4v) is 2.42. The second kappa shape index (κ2) is 6.53. The Morgan fingerprint density at radius 1 is 1.26 bits per heavy atom. The van der Waals surface area contributed by atoms with Gasteiger partial charge in [-0.05, 0) is 31.0 Å². The number of aromatic nitrogens is 2. The van der Waals surface area contributed by atoms with E-state index >= 15 is 0 Å². The number of aryl methyl sites for hydroxylation is 2. The fourth-order valence-electron chi connectivity index (χ4n) is 2.42. The van der Waals surface area contributed by atoms with Crippen LogP contribution in [-0.4, -0.2) is 22.1 Å². The van der Waals surface area contributed by atoms with Gasteiger partial charge in [0.2, 0.25) is 0 Å². The summed E-state index contributed by atoms with van der Waals surface area (Å²) < 4.78 is 2.10. The molecule has 1 atom stereocenters. The van der Waals surface area contributed by atoms with Crippen molar-refractivity contribution >= 4 is 0 Å². The van der Waals surface area contributed by atoms with Crippen LogP contribution >= 0.6 is 0 Å². The number of nitrogens with zero attached hydrogens (tertiary/aromatic N) is 2. The zero-order valence-electron chi connectivity index (χ0n) is 12.1. The fraction of sp³-hybridized carbons (Fsp3) is 0.438. The van der Waals surface area contributed by atoms with Gasteiger partial charge < -0.3 is 9.88 Å². The van der Waals surface area contributed by atoms with Crippen molar-refractivity contribution < 1.29 is 0 Å². The lowest BCUT2D eigenvalue weighted by Crippen LogP contribution is -2.34. The normalized spacial score (nSPS) is 12.6. The zero-order chi connectivity index (χ0) is 13.7. The van der Waals surface area contributed by atoms with E-state index < -0.39 is 0 Å². The van der Waals surface area contributed by atoms with Crippen molar-refractivity contribution in [1.82, 2.24) is 14.9 Å². The van der Waals surface area contributed by atoms with Gasteiger partial charge in [-0.25, -0.2) is 4.98 Å². The maximum Gasteiger partial charge on any atom is 0.109 e. The molecule has 0 saturated carbocycles. The number of hydrogen-bond donors (Lipinski definition) is 1. The molecule has 1 heterocycles. The molecule has 0 saturated heterocycles.